The first kappa shape index (κ1) is 10.8. The zero-order valence-corrected chi connectivity index (χ0v) is 9.36. The number of alkyl halides is 1. The molecule has 13 heavy (non-hydrogen) atoms. The molecule has 0 saturated carbocycles. The van der Waals surface area contributed by atoms with Crippen LogP contribution in [-0.2, 0) is 10.6 Å². The molecule has 5 heteroatoms. The highest BCUT2D eigenvalue weighted by molar-refractivity contribution is 7.13. The van der Waals surface area contributed by atoms with E-state index in [1.54, 1.807) is 18.4 Å². The normalized spacial score (nSPS) is 10.4. The zero-order chi connectivity index (χ0) is 9.68. The van der Waals surface area contributed by atoms with Crippen LogP contribution in [0.3, 0.4) is 0 Å². The monoisotopic (exact) mass is 220 g/mol. The lowest BCUT2D eigenvalue weighted by atomic mass is 10.6. The third-order valence-corrected chi connectivity index (χ3v) is 2.91. The summed E-state index contributed by atoms with van der Waals surface area (Å²) in [6.07, 6.45) is 0. The number of aromatic nitrogens is 1. The number of thiazole rings is 1. The molecule has 0 saturated heterocycles. The van der Waals surface area contributed by atoms with Crippen LogP contribution in [0.4, 0.5) is 5.13 Å². The lowest BCUT2D eigenvalue weighted by molar-refractivity contribution is 0.206. The van der Waals surface area contributed by atoms with Gasteiger partial charge < -0.3 is 9.64 Å². The van der Waals surface area contributed by atoms with Crippen molar-refractivity contribution in [3.63, 3.8) is 0 Å². The van der Waals surface area contributed by atoms with Gasteiger partial charge in [-0.25, -0.2) is 4.98 Å². The summed E-state index contributed by atoms with van der Waals surface area (Å²) in [5.41, 5.74) is 0.936. The van der Waals surface area contributed by atoms with E-state index in [0.717, 1.165) is 17.4 Å². The smallest absolute Gasteiger partial charge is 0.185 e. The van der Waals surface area contributed by atoms with Gasteiger partial charge in [-0.1, -0.05) is 0 Å². The SMILES string of the molecule is COCCN(C)c1nc(CCl)cs1. The number of anilines is 1. The van der Waals surface area contributed by atoms with E-state index in [4.69, 9.17) is 16.3 Å². The predicted molar refractivity (Wildman–Crippen MR) is 56.8 cm³/mol. The zero-order valence-electron chi connectivity index (χ0n) is 7.79. The van der Waals surface area contributed by atoms with E-state index in [0.29, 0.717) is 12.5 Å². The Hall–Kier alpha value is -0.320. The molecule has 0 bridgehead atoms. The average molecular weight is 221 g/mol. The van der Waals surface area contributed by atoms with Gasteiger partial charge in [-0.2, -0.15) is 0 Å². The molecule has 0 unspecified atom stereocenters. The van der Waals surface area contributed by atoms with Crippen LogP contribution >= 0.6 is 22.9 Å². The number of hydrogen-bond acceptors (Lipinski definition) is 4. The number of nitrogens with zero attached hydrogens (tertiary/aromatic N) is 2. The van der Waals surface area contributed by atoms with Crippen LogP contribution in [0.1, 0.15) is 5.69 Å². The summed E-state index contributed by atoms with van der Waals surface area (Å²) in [4.78, 5) is 6.40. The molecular weight excluding hydrogens is 208 g/mol. The quantitative estimate of drug-likeness (QED) is 0.710. The first-order valence-electron chi connectivity index (χ1n) is 3.98. The lowest BCUT2D eigenvalue weighted by Gasteiger charge is -2.14. The summed E-state index contributed by atoms with van der Waals surface area (Å²) in [6, 6.07) is 0. The van der Waals surface area contributed by atoms with Crippen molar-refractivity contribution in [1.82, 2.24) is 4.98 Å². The first-order chi connectivity index (χ1) is 6.27. The summed E-state index contributed by atoms with van der Waals surface area (Å²) < 4.78 is 4.98. The predicted octanol–water partition coefficient (Wildman–Crippen LogP) is 1.96. The summed E-state index contributed by atoms with van der Waals surface area (Å²) in [6.45, 7) is 1.57. The molecule has 0 radical (unpaired) electrons. The van der Waals surface area contributed by atoms with Crippen molar-refractivity contribution in [2.75, 3.05) is 32.2 Å². The maximum atomic E-state index is 5.65. The molecule has 74 valence electrons. The van der Waals surface area contributed by atoms with Gasteiger partial charge in [0.2, 0.25) is 0 Å². The van der Waals surface area contributed by atoms with Crippen molar-refractivity contribution < 1.29 is 4.74 Å². The minimum Gasteiger partial charge on any atom is -0.383 e. The van der Waals surface area contributed by atoms with E-state index in [2.05, 4.69) is 9.88 Å². The fourth-order valence-corrected chi connectivity index (χ4v) is 1.90. The van der Waals surface area contributed by atoms with Crippen LogP contribution < -0.4 is 4.90 Å². The van der Waals surface area contributed by atoms with Gasteiger partial charge >= 0.3 is 0 Å². The van der Waals surface area contributed by atoms with Crippen molar-refractivity contribution in [3.8, 4) is 0 Å². The number of ether oxygens (including phenoxy) is 1. The van der Waals surface area contributed by atoms with E-state index < -0.39 is 0 Å². The van der Waals surface area contributed by atoms with Crippen LogP contribution in [0.5, 0.6) is 0 Å². The molecule has 1 heterocycles. The molecule has 1 rings (SSSR count). The maximum Gasteiger partial charge on any atom is 0.185 e. The molecule has 0 spiro atoms. The molecule has 0 aliphatic heterocycles. The Morgan fingerprint density at radius 2 is 2.46 bits per heavy atom. The molecule has 0 aromatic carbocycles. The summed E-state index contributed by atoms with van der Waals surface area (Å²) >= 11 is 7.26. The number of methoxy groups -OCH3 is 1. The minimum atomic E-state index is 0.481. The van der Waals surface area contributed by atoms with Crippen LogP contribution in [0.2, 0.25) is 0 Å². The second-order valence-electron chi connectivity index (χ2n) is 2.67. The fourth-order valence-electron chi connectivity index (χ4n) is 0.857. The molecule has 0 amide bonds. The summed E-state index contributed by atoms with van der Waals surface area (Å²) in [5, 5.41) is 2.97. The molecule has 0 N–H and O–H groups in total. The lowest BCUT2D eigenvalue weighted by Crippen LogP contribution is -2.21. The van der Waals surface area contributed by atoms with Gasteiger partial charge in [0.05, 0.1) is 18.2 Å². The molecule has 1 aromatic rings. The molecular formula is C8H13ClN2OS. The van der Waals surface area contributed by atoms with Gasteiger partial charge in [0.25, 0.3) is 0 Å². The Morgan fingerprint density at radius 1 is 1.69 bits per heavy atom. The topological polar surface area (TPSA) is 25.4 Å². The molecule has 3 nitrogen and oxygen atoms in total. The highest BCUT2D eigenvalue weighted by Gasteiger charge is 2.05. The van der Waals surface area contributed by atoms with E-state index in [-0.39, 0.29) is 0 Å². The second-order valence-corrected chi connectivity index (χ2v) is 3.77. The molecule has 0 aliphatic rings. The highest BCUT2D eigenvalue weighted by atomic mass is 35.5. The number of hydrogen-bond donors (Lipinski definition) is 0. The molecule has 0 fully saturated rings. The van der Waals surface area contributed by atoms with Crippen LogP contribution in [0, 0.1) is 0 Å². The van der Waals surface area contributed by atoms with Gasteiger partial charge in [-0.3, -0.25) is 0 Å². The van der Waals surface area contributed by atoms with Gasteiger partial charge in [-0.15, -0.1) is 22.9 Å². The van der Waals surface area contributed by atoms with Crippen molar-refractivity contribution in [3.05, 3.63) is 11.1 Å². The van der Waals surface area contributed by atoms with E-state index >= 15 is 0 Å². The summed E-state index contributed by atoms with van der Waals surface area (Å²) in [5.74, 6) is 0.481. The van der Waals surface area contributed by atoms with Crippen molar-refractivity contribution in [2.24, 2.45) is 0 Å². The van der Waals surface area contributed by atoms with Gasteiger partial charge in [0.1, 0.15) is 0 Å². The van der Waals surface area contributed by atoms with E-state index in [9.17, 15) is 0 Å². The first-order valence-corrected chi connectivity index (χ1v) is 5.39. The van der Waals surface area contributed by atoms with Crippen LogP contribution in [0.15, 0.2) is 5.38 Å². The van der Waals surface area contributed by atoms with Crippen molar-refractivity contribution in [2.45, 2.75) is 5.88 Å². The molecule has 1 aromatic heterocycles. The largest absolute Gasteiger partial charge is 0.383 e. The Balaban J connectivity index is 2.50. The maximum absolute atomic E-state index is 5.65. The average Bonchev–Trinajstić information content (AvgIpc) is 2.62. The summed E-state index contributed by atoms with van der Waals surface area (Å²) in [7, 11) is 3.69. The third-order valence-electron chi connectivity index (χ3n) is 1.63. The second kappa shape index (κ2) is 5.42. The third kappa shape index (κ3) is 3.14. The van der Waals surface area contributed by atoms with Crippen LogP contribution in [-0.4, -0.2) is 32.3 Å². The Labute approximate surface area is 87.3 Å². The number of halogens is 1. The van der Waals surface area contributed by atoms with E-state index in [1.807, 2.05) is 12.4 Å². The van der Waals surface area contributed by atoms with Crippen molar-refractivity contribution >= 4 is 28.1 Å². The fraction of sp³-hybridized carbons (Fsp3) is 0.625. The number of likely N-dealkylation sites (N-methyl/N-ethyl adjacent to an activating group) is 1. The van der Waals surface area contributed by atoms with Gasteiger partial charge in [0, 0.05) is 26.1 Å². The Kier molecular flexibility index (Phi) is 4.48. The standard InChI is InChI=1S/C8H13ClN2OS/c1-11(3-4-12-2)8-10-7(5-9)6-13-8/h6H,3-5H2,1-2H3. The Morgan fingerprint density at radius 3 is 3.00 bits per heavy atom. The van der Waals surface area contributed by atoms with Crippen molar-refractivity contribution in [1.29, 1.82) is 0 Å². The van der Waals surface area contributed by atoms with Crippen LogP contribution in [0.25, 0.3) is 0 Å². The highest BCUT2D eigenvalue weighted by Crippen LogP contribution is 2.19. The minimum absolute atomic E-state index is 0.481. The molecule has 0 aliphatic carbocycles. The number of rotatable bonds is 5. The van der Waals surface area contributed by atoms with Gasteiger partial charge in [0.15, 0.2) is 5.13 Å². The molecule has 0 atom stereocenters. The van der Waals surface area contributed by atoms with E-state index in [1.165, 1.54) is 0 Å². The van der Waals surface area contributed by atoms with Gasteiger partial charge in [-0.05, 0) is 0 Å². The Bertz CT molecular complexity index is 254.